The van der Waals surface area contributed by atoms with Crippen molar-refractivity contribution in [1.29, 1.82) is 0 Å². The van der Waals surface area contributed by atoms with Gasteiger partial charge in [0, 0.05) is 17.4 Å². The van der Waals surface area contributed by atoms with E-state index in [1.54, 1.807) is 0 Å². The molecule has 3 nitrogen and oxygen atoms in total. The third-order valence-corrected chi connectivity index (χ3v) is 3.84. The summed E-state index contributed by atoms with van der Waals surface area (Å²) in [6, 6.07) is 0. The van der Waals surface area contributed by atoms with Gasteiger partial charge in [-0.05, 0) is 39.8 Å². The van der Waals surface area contributed by atoms with Gasteiger partial charge in [0.1, 0.15) is 0 Å². The quantitative estimate of drug-likeness (QED) is 0.577. The van der Waals surface area contributed by atoms with E-state index in [-0.39, 0.29) is 16.9 Å². The molecule has 2 fully saturated rings. The predicted molar refractivity (Wildman–Crippen MR) is 51.4 cm³/mol. The van der Waals surface area contributed by atoms with Crippen LogP contribution in [0.1, 0.15) is 33.1 Å². The Kier molecular flexibility index (Phi) is 1.88. The molecule has 1 amide bonds. The van der Waals surface area contributed by atoms with E-state index >= 15 is 0 Å². The van der Waals surface area contributed by atoms with Crippen molar-refractivity contribution in [1.82, 2.24) is 10.6 Å². The molecule has 13 heavy (non-hydrogen) atoms. The van der Waals surface area contributed by atoms with E-state index in [2.05, 4.69) is 24.5 Å². The van der Waals surface area contributed by atoms with E-state index in [1.807, 2.05) is 0 Å². The highest BCUT2D eigenvalue weighted by molar-refractivity contribution is 5.80. The van der Waals surface area contributed by atoms with Gasteiger partial charge in [0.15, 0.2) is 0 Å². The predicted octanol–water partition coefficient (Wildman–Crippen LogP) is 0.655. The van der Waals surface area contributed by atoms with Crippen molar-refractivity contribution in [2.75, 3.05) is 13.1 Å². The highest BCUT2D eigenvalue weighted by Crippen LogP contribution is 2.46. The van der Waals surface area contributed by atoms with Gasteiger partial charge < -0.3 is 10.6 Å². The third-order valence-electron chi connectivity index (χ3n) is 3.84. The minimum atomic E-state index is -0.00775. The zero-order valence-electron chi connectivity index (χ0n) is 8.44. The summed E-state index contributed by atoms with van der Waals surface area (Å²) in [5, 5.41) is 6.44. The molecule has 2 aliphatic heterocycles. The summed E-state index contributed by atoms with van der Waals surface area (Å²) in [6.07, 6.45) is 2.97. The third kappa shape index (κ3) is 1.26. The molecule has 0 aliphatic carbocycles. The molecule has 0 aromatic rings. The summed E-state index contributed by atoms with van der Waals surface area (Å²) in [6.45, 7) is 6.42. The molecule has 0 atom stereocenters. The fourth-order valence-electron chi connectivity index (χ4n) is 2.76. The lowest BCUT2D eigenvalue weighted by Crippen LogP contribution is -2.51. The second-order valence-electron chi connectivity index (χ2n) is 4.88. The van der Waals surface area contributed by atoms with Crippen LogP contribution in [0, 0.1) is 5.41 Å². The second kappa shape index (κ2) is 2.71. The molecule has 74 valence electrons. The smallest absolute Gasteiger partial charge is 0.221 e. The highest BCUT2D eigenvalue weighted by Gasteiger charge is 2.52. The summed E-state index contributed by atoms with van der Waals surface area (Å²) in [7, 11) is 0. The van der Waals surface area contributed by atoms with Gasteiger partial charge in [0.2, 0.25) is 5.91 Å². The number of rotatable bonds is 0. The minimum Gasteiger partial charge on any atom is -0.351 e. The molecule has 0 unspecified atom stereocenters. The largest absolute Gasteiger partial charge is 0.351 e. The Labute approximate surface area is 79.3 Å². The molecule has 3 heteroatoms. The van der Waals surface area contributed by atoms with Gasteiger partial charge in [-0.25, -0.2) is 0 Å². The molecule has 2 rings (SSSR count). The highest BCUT2D eigenvalue weighted by atomic mass is 16.2. The molecule has 0 aromatic carbocycles. The van der Waals surface area contributed by atoms with Crippen molar-refractivity contribution >= 4 is 5.91 Å². The van der Waals surface area contributed by atoms with Crippen LogP contribution in [0.15, 0.2) is 0 Å². The summed E-state index contributed by atoms with van der Waals surface area (Å²) < 4.78 is 0. The normalized spacial score (nSPS) is 30.5. The first-order chi connectivity index (χ1) is 6.06. The Hall–Kier alpha value is -0.570. The lowest BCUT2D eigenvalue weighted by atomic mass is 9.66. The zero-order valence-corrected chi connectivity index (χ0v) is 8.44. The van der Waals surface area contributed by atoms with Gasteiger partial charge in [-0.1, -0.05) is 0 Å². The maximum atomic E-state index is 11.4. The molecule has 2 aliphatic rings. The van der Waals surface area contributed by atoms with Crippen molar-refractivity contribution in [3.8, 4) is 0 Å². The van der Waals surface area contributed by atoms with Crippen LogP contribution < -0.4 is 10.6 Å². The number of amides is 1. The molecule has 1 spiro atoms. The maximum absolute atomic E-state index is 11.4. The van der Waals surface area contributed by atoms with Crippen molar-refractivity contribution in [2.24, 2.45) is 5.41 Å². The van der Waals surface area contributed by atoms with Crippen LogP contribution in [-0.4, -0.2) is 24.5 Å². The molecular weight excluding hydrogens is 164 g/mol. The van der Waals surface area contributed by atoms with E-state index < -0.39 is 0 Å². The van der Waals surface area contributed by atoms with Crippen molar-refractivity contribution in [2.45, 2.75) is 38.6 Å². The Balaban J connectivity index is 2.24. The van der Waals surface area contributed by atoms with Crippen LogP contribution in [0.5, 0.6) is 0 Å². The average molecular weight is 182 g/mol. The van der Waals surface area contributed by atoms with Crippen LogP contribution >= 0.6 is 0 Å². The number of nitrogens with one attached hydrogen (secondary N) is 2. The first-order valence-corrected chi connectivity index (χ1v) is 5.08. The standard InChI is InChI=1S/C10H18N2O/c1-9(2)10(7-8(13)12-9)3-5-11-6-4-10/h11H,3-7H2,1-2H3,(H,12,13). The number of hydrogen-bond donors (Lipinski definition) is 2. The second-order valence-corrected chi connectivity index (χ2v) is 4.88. The average Bonchev–Trinajstić information content (AvgIpc) is 2.23. The Morgan fingerprint density at radius 3 is 2.31 bits per heavy atom. The summed E-state index contributed by atoms with van der Waals surface area (Å²) in [5.74, 6) is 0.229. The molecule has 2 saturated heterocycles. The number of hydrogen-bond acceptors (Lipinski definition) is 2. The van der Waals surface area contributed by atoms with Crippen molar-refractivity contribution < 1.29 is 4.79 Å². The Bertz CT molecular complexity index is 229. The lowest BCUT2D eigenvalue weighted by molar-refractivity contribution is -0.120. The fourth-order valence-corrected chi connectivity index (χ4v) is 2.76. The molecule has 0 saturated carbocycles. The van der Waals surface area contributed by atoms with E-state index in [0.29, 0.717) is 0 Å². The molecule has 2 N–H and O–H groups in total. The van der Waals surface area contributed by atoms with Gasteiger partial charge >= 0.3 is 0 Å². The maximum Gasteiger partial charge on any atom is 0.221 e. The van der Waals surface area contributed by atoms with E-state index in [4.69, 9.17) is 0 Å². The fraction of sp³-hybridized carbons (Fsp3) is 0.900. The number of carbonyl (C=O) groups is 1. The van der Waals surface area contributed by atoms with Crippen molar-refractivity contribution in [3.63, 3.8) is 0 Å². The van der Waals surface area contributed by atoms with Crippen LogP contribution in [0.25, 0.3) is 0 Å². The minimum absolute atomic E-state index is 0.00775. The van der Waals surface area contributed by atoms with Gasteiger partial charge in [0.25, 0.3) is 0 Å². The van der Waals surface area contributed by atoms with Crippen LogP contribution in [0.2, 0.25) is 0 Å². The summed E-state index contributed by atoms with van der Waals surface area (Å²) in [4.78, 5) is 11.4. The first-order valence-electron chi connectivity index (χ1n) is 5.08. The Morgan fingerprint density at radius 2 is 1.85 bits per heavy atom. The molecule has 0 bridgehead atoms. The van der Waals surface area contributed by atoms with E-state index in [1.165, 1.54) is 0 Å². The monoisotopic (exact) mass is 182 g/mol. The van der Waals surface area contributed by atoms with Gasteiger partial charge in [-0.2, -0.15) is 0 Å². The van der Waals surface area contributed by atoms with Crippen molar-refractivity contribution in [3.05, 3.63) is 0 Å². The van der Waals surface area contributed by atoms with Crippen LogP contribution in [-0.2, 0) is 4.79 Å². The summed E-state index contributed by atoms with van der Waals surface area (Å²) in [5.41, 5.74) is 0.210. The zero-order chi connectivity index (χ0) is 9.53. The SMILES string of the molecule is CC1(C)NC(=O)CC12CCNCC2. The Morgan fingerprint density at radius 1 is 1.23 bits per heavy atom. The molecule has 0 aromatic heterocycles. The van der Waals surface area contributed by atoms with E-state index in [9.17, 15) is 4.79 Å². The number of carbonyl (C=O) groups excluding carboxylic acids is 1. The first kappa shape index (κ1) is 9.00. The van der Waals surface area contributed by atoms with Gasteiger partial charge in [0.05, 0.1) is 0 Å². The van der Waals surface area contributed by atoms with Crippen LogP contribution in [0.4, 0.5) is 0 Å². The molecule has 2 heterocycles. The van der Waals surface area contributed by atoms with Gasteiger partial charge in [-0.3, -0.25) is 4.79 Å². The van der Waals surface area contributed by atoms with Gasteiger partial charge in [-0.15, -0.1) is 0 Å². The molecular formula is C10H18N2O. The van der Waals surface area contributed by atoms with E-state index in [0.717, 1.165) is 32.4 Å². The lowest BCUT2D eigenvalue weighted by Gasteiger charge is -2.43. The molecule has 0 radical (unpaired) electrons. The number of piperidine rings is 1. The van der Waals surface area contributed by atoms with Crippen LogP contribution in [0.3, 0.4) is 0 Å². The summed E-state index contributed by atoms with van der Waals surface area (Å²) >= 11 is 0. The topological polar surface area (TPSA) is 41.1 Å².